The van der Waals surface area contributed by atoms with E-state index in [9.17, 15) is 5.11 Å². The molecule has 1 spiro atoms. The van der Waals surface area contributed by atoms with Gasteiger partial charge in [0.1, 0.15) is 0 Å². The van der Waals surface area contributed by atoms with Crippen LogP contribution in [-0.4, -0.2) is 40.9 Å². The lowest BCUT2D eigenvalue weighted by atomic mass is 9.77. The lowest BCUT2D eigenvalue weighted by molar-refractivity contribution is -0.122. The molecule has 5 nitrogen and oxygen atoms in total. The van der Waals surface area contributed by atoms with Crippen molar-refractivity contribution in [2.45, 2.75) is 38.2 Å². The highest BCUT2D eigenvalue weighted by Crippen LogP contribution is 2.46. The van der Waals surface area contributed by atoms with Crippen molar-refractivity contribution >= 4 is 22.9 Å². The van der Waals surface area contributed by atoms with Gasteiger partial charge < -0.3 is 15.1 Å². The van der Waals surface area contributed by atoms with E-state index in [1.807, 2.05) is 6.07 Å². The summed E-state index contributed by atoms with van der Waals surface area (Å²) in [5, 5.41) is 20.6. The number of thiazole rings is 1. The second kappa shape index (κ2) is 7.97. The highest BCUT2D eigenvalue weighted by molar-refractivity contribution is 7.14. The van der Waals surface area contributed by atoms with Gasteiger partial charge in [-0.05, 0) is 25.7 Å². The Bertz CT molecular complexity index is 691. The van der Waals surface area contributed by atoms with Crippen LogP contribution in [0.15, 0.2) is 35.7 Å². The van der Waals surface area contributed by atoms with Gasteiger partial charge in [0.15, 0.2) is 5.13 Å². The molecule has 2 heterocycles. The molecule has 1 saturated carbocycles. The third-order valence-corrected chi connectivity index (χ3v) is 6.20. The number of hydrogen-bond acceptors (Lipinski definition) is 5. The minimum atomic E-state index is -0.250. The predicted octanol–water partition coefficient (Wildman–Crippen LogP) is 3.64. The number of aliphatic hydroxyl groups excluding tert-OH is 1. The average molecular weight is 360 g/mol. The first-order valence-corrected chi connectivity index (χ1v) is 9.58. The van der Waals surface area contributed by atoms with Gasteiger partial charge in [0, 0.05) is 29.4 Å². The number of aliphatic hydroxyl groups is 1. The first-order chi connectivity index (χ1) is 12.2. The third kappa shape index (κ3) is 3.85. The summed E-state index contributed by atoms with van der Waals surface area (Å²) in [6.45, 7) is 1.78. The molecule has 1 aromatic heterocycles. The summed E-state index contributed by atoms with van der Waals surface area (Å²) in [6, 6.07) is 10.4. The summed E-state index contributed by atoms with van der Waals surface area (Å²) in [5.41, 5.74) is 2.36. The fraction of sp³-hybridized carbons (Fsp3) is 0.474. The van der Waals surface area contributed by atoms with Crippen LogP contribution in [0.1, 0.15) is 32.1 Å². The molecule has 1 aliphatic carbocycles. The number of nitrogens with zero attached hydrogens (tertiary/aromatic N) is 2. The number of carboxylic acid groups (broad SMARTS) is 1. The maximum Gasteiger partial charge on any atom is 0.290 e. The van der Waals surface area contributed by atoms with Crippen molar-refractivity contribution in [2.24, 2.45) is 5.41 Å². The molecule has 0 unspecified atom stereocenters. The SMILES string of the molecule is O=CO.O[C@@H]1CCC[C@]12CCCN(c1nc(-c3ccccc3)cs1)C2. The molecule has 0 radical (unpaired) electrons. The Balaban J connectivity index is 0.000000569. The van der Waals surface area contributed by atoms with Gasteiger partial charge in [0.05, 0.1) is 11.8 Å². The summed E-state index contributed by atoms with van der Waals surface area (Å²) in [7, 11) is 0. The number of benzene rings is 1. The van der Waals surface area contributed by atoms with Crippen LogP contribution in [0.3, 0.4) is 0 Å². The van der Waals surface area contributed by atoms with Crippen molar-refractivity contribution in [2.75, 3.05) is 18.0 Å². The Morgan fingerprint density at radius 3 is 2.64 bits per heavy atom. The van der Waals surface area contributed by atoms with Crippen LogP contribution in [0.4, 0.5) is 5.13 Å². The van der Waals surface area contributed by atoms with Gasteiger partial charge >= 0.3 is 0 Å². The first-order valence-electron chi connectivity index (χ1n) is 8.70. The highest BCUT2D eigenvalue weighted by atomic mass is 32.1. The molecule has 2 aliphatic rings. The normalized spacial score (nSPS) is 25.5. The molecular weight excluding hydrogens is 336 g/mol. The van der Waals surface area contributed by atoms with E-state index < -0.39 is 0 Å². The highest BCUT2D eigenvalue weighted by Gasteiger charge is 2.45. The molecule has 2 aromatic rings. The minimum Gasteiger partial charge on any atom is -0.483 e. The molecule has 25 heavy (non-hydrogen) atoms. The maximum atomic E-state index is 10.4. The zero-order valence-corrected chi connectivity index (χ0v) is 15.0. The molecule has 6 heteroatoms. The fourth-order valence-electron chi connectivity index (χ4n) is 4.07. The van der Waals surface area contributed by atoms with Gasteiger partial charge in [-0.3, -0.25) is 4.79 Å². The number of piperidine rings is 1. The number of carbonyl (C=O) groups is 1. The summed E-state index contributed by atoms with van der Waals surface area (Å²) >= 11 is 1.73. The Kier molecular flexibility index (Phi) is 5.71. The van der Waals surface area contributed by atoms with E-state index in [2.05, 4.69) is 34.5 Å². The zero-order chi connectivity index (χ0) is 17.7. The van der Waals surface area contributed by atoms with Gasteiger partial charge in [-0.1, -0.05) is 36.8 Å². The minimum absolute atomic E-state index is 0.121. The van der Waals surface area contributed by atoms with Crippen molar-refractivity contribution < 1.29 is 15.0 Å². The second-order valence-corrected chi connectivity index (χ2v) is 7.62. The predicted molar refractivity (Wildman–Crippen MR) is 100.0 cm³/mol. The Hall–Kier alpha value is -1.92. The molecule has 1 saturated heterocycles. The molecule has 2 fully saturated rings. The molecule has 2 atom stereocenters. The van der Waals surface area contributed by atoms with E-state index in [1.54, 1.807) is 11.3 Å². The van der Waals surface area contributed by atoms with E-state index >= 15 is 0 Å². The van der Waals surface area contributed by atoms with Crippen molar-refractivity contribution in [3.05, 3.63) is 35.7 Å². The first kappa shape index (κ1) is 17.9. The van der Waals surface area contributed by atoms with Gasteiger partial charge in [0.25, 0.3) is 6.47 Å². The Morgan fingerprint density at radius 2 is 1.96 bits per heavy atom. The molecule has 0 bridgehead atoms. The summed E-state index contributed by atoms with van der Waals surface area (Å²) < 4.78 is 0. The van der Waals surface area contributed by atoms with Gasteiger partial charge in [-0.2, -0.15) is 0 Å². The molecular formula is C19H24N2O3S. The fourth-order valence-corrected chi connectivity index (χ4v) is 4.93. The van der Waals surface area contributed by atoms with E-state index in [1.165, 1.54) is 24.8 Å². The largest absolute Gasteiger partial charge is 0.483 e. The van der Waals surface area contributed by atoms with Crippen molar-refractivity contribution in [3.8, 4) is 11.3 Å². The number of anilines is 1. The van der Waals surface area contributed by atoms with E-state index in [0.717, 1.165) is 36.8 Å². The van der Waals surface area contributed by atoms with E-state index in [-0.39, 0.29) is 18.0 Å². The van der Waals surface area contributed by atoms with Crippen molar-refractivity contribution in [1.29, 1.82) is 0 Å². The third-order valence-electron chi connectivity index (χ3n) is 5.30. The number of aromatic nitrogens is 1. The molecule has 2 N–H and O–H groups in total. The number of hydrogen-bond donors (Lipinski definition) is 2. The summed E-state index contributed by atoms with van der Waals surface area (Å²) in [4.78, 5) is 15.6. The molecule has 1 aliphatic heterocycles. The number of rotatable bonds is 2. The molecule has 1 aromatic carbocycles. The smallest absolute Gasteiger partial charge is 0.290 e. The van der Waals surface area contributed by atoms with Crippen LogP contribution in [-0.2, 0) is 4.79 Å². The lowest BCUT2D eigenvalue weighted by Crippen LogP contribution is -2.47. The Labute approximate surface area is 152 Å². The van der Waals surface area contributed by atoms with Crippen LogP contribution >= 0.6 is 11.3 Å². The average Bonchev–Trinajstić information content (AvgIpc) is 3.25. The second-order valence-electron chi connectivity index (χ2n) is 6.78. The van der Waals surface area contributed by atoms with Crippen LogP contribution < -0.4 is 4.90 Å². The zero-order valence-electron chi connectivity index (χ0n) is 14.2. The van der Waals surface area contributed by atoms with Crippen LogP contribution in [0.2, 0.25) is 0 Å². The summed E-state index contributed by atoms with van der Waals surface area (Å²) in [5.74, 6) is 0. The Morgan fingerprint density at radius 1 is 1.24 bits per heavy atom. The topological polar surface area (TPSA) is 73.7 Å². The monoisotopic (exact) mass is 360 g/mol. The lowest BCUT2D eigenvalue weighted by Gasteiger charge is -2.42. The summed E-state index contributed by atoms with van der Waals surface area (Å²) in [6.07, 6.45) is 5.52. The van der Waals surface area contributed by atoms with Crippen molar-refractivity contribution in [3.63, 3.8) is 0 Å². The quantitative estimate of drug-likeness (QED) is 0.800. The van der Waals surface area contributed by atoms with Crippen molar-refractivity contribution in [1.82, 2.24) is 4.98 Å². The molecule has 134 valence electrons. The van der Waals surface area contributed by atoms with E-state index in [4.69, 9.17) is 14.9 Å². The van der Waals surface area contributed by atoms with Crippen LogP contribution in [0, 0.1) is 5.41 Å². The van der Waals surface area contributed by atoms with E-state index in [0.29, 0.717) is 0 Å². The maximum absolute atomic E-state index is 10.4. The molecule has 0 amide bonds. The van der Waals surface area contributed by atoms with Crippen LogP contribution in [0.25, 0.3) is 11.3 Å². The van der Waals surface area contributed by atoms with Gasteiger partial charge in [-0.25, -0.2) is 4.98 Å². The van der Waals surface area contributed by atoms with Gasteiger partial charge in [-0.15, -0.1) is 11.3 Å². The standard InChI is InChI=1S/C18H22N2OS.CH2O2/c21-16-8-4-9-18(16)10-5-11-20(13-18)17-19-15(12-22-17)14-6-2-1-3-7-14;2-1-3/h1-3,6-7,12,16,21H,4-5,8-11,13H2;1H,(H,2,3)/t16-,18-;/m1./s1. The van der Waals surface area contributed by atoms with Crippen LogP contribution in [0.5, 0.6) is 0 Å². The van der Waals surface area contributed by atoms with Gasteiger partial charge in [0.2, 0.25) is 0 Å². The molecule has 4 rings (SSSR count).